The molecule has 0 spiro atoms. The SMILES string of the molecule is COc1ccc2c(COC(=O)c3c(C)oc(C)c3C)cc(=O)oc2c1. The second-order valence-corrected chi connectivity index (χ2v) is 5.74. The highest BCUT2D eigenvalue weighted by molar-refractivity contribution is 5.92. The molecule has 2 heterocycles. The molecule has 3 rings (SSSR count). The quantitative estimate of drug-likeness (QED) is 0.532. The lowest BCUT2D eigenvalue weighted by molar-refractivity contribution is 0.0471. The summed E-state index contributed by atoms with van der Waals surface area (Å²) in [4.78, 5) is 24.2. The average molecular weight is 342 g/mol. The van der Waals surface area contributed by atoms with E-state index in [2.05, 4.69) is 0 Å². The van der Waals surface area contributed by atoms with E-state index in [0.717, 1.165) is 5.56 Å². The molecule has 3 aromatic rings. The topological polar surface area (TPSA) is 78.9 Å². The third-order valence-electron chi connectivity index (χ3n) is 4.16. The van der Waals surface area contributed by atoms with Crippen molar-refractivity contribution in [2.75, 3.05) is 7.11 Å². The lowest BCUT2D eigenvalue weighted by Crippen LogP contribution is -2.09. The van der Waals surface area contributed by atoms with Crippen LogP contribution in [0.2, 0.25) is 0 Å². The van der Waals surface area contributed by atoms with Crippen LogP contribution in [0.5, 0.6) is 5.75 Å². The van der Waals surface area contributed by atoms with Crippen molar-refractivity contribution in [2.24, 2.45) is 0 Å². The number of esters is 1. The predicted octanol–water partition coefficient (Wildman–Crippen LogP) is 3.68. The number of carbonyl (C=O) groups excluding carboxylic acids is 1. The average Bonchev–Trinajstić information content (AvgIpc) is 2.83. The molecule has 6 heteroatoms. The molecule has 25 heavy (non-hydrogen) atoms. The summed E-state index contributed by atoms with van der Waals surface area (Å²) in [5, 5.41) is 0.685. The van der Waals surface area contributed by atoms with E-state index >= 15 is 0 Å². The van der Waals surface area contributed by atoms with E-state index in [1.807, 2.05) is 0 Å². The highest BCUT2D eigenvalue weighted by Gasteiger charge is 2.20. The normalized spacial score (nSPS) is 10.9. The van der Waals surface area contributed by atoms with Gasteiger partial charge in [-0.15, -0.1) is 0 Å². The molecule has 0 fully saturated rings. The summed E-state index contributed by atoms with van der Waals surface area (Å²) in [5.74, 6) is 1.29. The molecular formula is C19H18O6. The molecule has 2 aromatic heterocycles. The Morgan fingerprint density at radius 1 is 1.08 bits per heavy atom. The van der Waals surface area contributed by atoms with Crippen LogP contribution in [-0.4, -0.2) is 13.1 Å². The molecule has 6 nitrogen and oxygen atoms in total. The Morgan fingerprint density at radius 3 is 2.48 bits per heavy atom. The Balaban J connectivity index is 1.90. The number of aryl methyl sites for hydroxylation is 2. The predicted molar refractivity (Wildman–Crippen MR) is 91.1 cm³/mol. The van der Waals surface area contributed by atoms with E-state index in [4.69, 9.17) is 18.3 Å². The molecular weight excluding hydrogens is 324 g/mol. The Bertz CT molecular complexity index is 1010. The Morgan fingerprint density at radius 2 is 1.84 bits per heavy atom. The molecule has 0 aliphatic rings. The first-order chi connectivity index (χ1) is 11.9. The van der Waals surface area contributed by atoms with E-state index < -0.39 is 11.6 Å². The van der Waals surface area contributed by atoms with E-state index in [0.29, 0.717) is 39.4 Å². The lowest BCUT2D eigenvalue weighted by atomic mass is 10.1. The summed E-state index contributed by atoms with van der Waals surface area (Å²) in [6, 6.07) is 6.46. The molecule has 0 N–H and O–H groups in total. The zero-order valence-electron chi connectivity index (χ0n) is 14.5. The number of ether oxygens (including phenoxy) is 2. The fraction of sp³-hybridized carbons (Fsp3) is 0.263. The number of methoxy groups -OCH3 is 1. The van der Waals surface area contributed by atoms with Crippen LogP contribution in [0.25, 0.3) is 11.0 Å². The van der Waals surface area contributed by atoms with Gasteiger partial charge in [0.25, 0.3) is 0 Å². The number of hydrogen-bond donors (Lipinski definition) is 0. The highest BCUT2D eigenvalue weighted by atomic mass is 16.5. The molecule has 0 aliphatic carbocycles. The molecule has 1 aromatic carbocycles. The monoisotopic (exact) mass is 342 g/mol. The third-order valence-corrected chi connectivity index (χ3v) is 4.16. The molecule has 0 atom stereocenters. The number of carbonyl (C=O) groups is 1. The largest absolute Gasteiger partial charge is 0.497 e. The number of benzene rings is 1. The van der Waals surface area contributed by atoms with Gasteiger partial charge in [-0.05, 0) is 32.9 Å². The first-order valence-corrected chi connectivity index (χ1v) is 7.75. The van der Waals surface area contributed by atoms with Crippen LogP contribution >= 0.6 is 0 Å². The summed E-state index contributed by atoms with van der Waals surface area (Å²) in [6.45, 7) is 5.27. The smallest absolute Gasteiger partial charge is 0.342 e. The maximum atomic E-state index is 12.4. The zero-order valence-corrected chi connectivity index (χ0v) is 14.5. The second-order valence-electron chi connectivity index (χ2n) is 5.74. The minimum absolute atomic E-state index is 0.0453. The van der Waals surface area contributed by atoms with Gasteiger partial charge in [-0.3, -0.25) is 0 Å². The van der Waals surface area contributed by atoms with E-state index in [-0.39, 0.29) is 6.61 Å². The molecule has 0 amide bonds. The fourth-order valence-corrected chi connectivity index (χ4v) is 2.77. The number of fused-ring (bicyclic) bond motifs is 1. The Labute approximate surface area is 144 Å². The summed E-state index contributed by atoms with van der Waals surface area (Å²) < 4.78 is 21.2. The van der Waals surface area contributed by atoms with Gasteiger partial charge < -0.3 is 18.3 Å². The first kappa shape index (κ1) is 16.8. The molecule has 0 saturated heterocycles. The van der Waals surface area contributed by atoms with Crippen molar-refractivity contribution in [3.8, 4) is 5.75 Å². The molecule has 130 valence electrons. The second kappa shape index (κ2) is 6.47. The van der Waals surface area contributed by atoms with Gasteiger partial charge in [-0.1, -0.05) is 0 Å². The minimum atomic E-state index is -0.515. The minimum Gasteiger partial charge on any atom is -0.497 e. The van der Waals surface area contributed by atoms with E-state index in [1.54, 1.807) is 39.0 Å². The maximum Gasteiger partial charge on any atom is 0.342 e. The van der Waals surface area contributed by atoms with Crippen molar-refractivity contribution in [1.82, 2.24) is 0 Å². The van der Waals surface area contributed by atoms with Crippen LogP contribution in [-0.2, 0) is 11.3 Å². The Kier molecular flexibility index (Phi) is 4.35. The Hall–Kier alpha value is -3.02. The fourth-order valence-electron chi connectivity index (χ4n) is 2.77. The van der Waals surface area contributed by atoms with Crippen molar-refractivity contribution in [3.63, 3.8) is 0 Å². The van der Waals surface area contributed by atoms with E-state index in [9.17, 15) is 9.59 Å². The van der Waals surface area contributed by atoms with Gasteiger partial charge in [-0.25, -0.2) is 9.59 Å². The van der Waals surface area contributed by atoms with Gasteiger partial charge in [-0.2, -0.15) is 0 Å². The summed E-state index contributed by atoms with van der Waals surface area (Å²) in [6.07, 6.45) is 0. The van der Waals surface area contributed by atoms with Crippen molar-refractivity contribution in [2.45, 2.75) is 27.4 Å². The van der Waals surface area contributed by atoms with Gasteiger partial charge in [0.05, 0.1) is 7.11 Å². The first-order valence-electron chi connectivity index (χ1n) is 7.75. The van der Waals surface area contributed by atoms with Crippen molar-refractivity contribution < 1.29 is 23.1 Å². The van der Waals surface area contributed by atoms with Crippen LogP contribution in [0.1, 0.15) is 33.0 Å². The number of hydrogen-bond acceptors (Lipinski definition) is 6. The third kappa shape index (κ3) is 3.15. The van der Waals surface area contributed by atoms with Crippen molar-refractivity contribution >= 4 is 16.9 Å². The maximum absolute atomic E-state index is 12.4. The van der Waals surface area contributed by atoms with Crippen LogP contribution in [0.15, 0.2) is 37.9 Å². The van der Waals surface area contributed by atoms with Gasteiger partial charge >= 0.3 is 11.6 Å². The zero-order chi connectivity index (χ0) is 18.1. The van der Waals surface area contributed by atoms with Crippen LogP contribution in [0.3, 0.4) is 0 Å². The number of rotatable bonds is 4. The molecule has 0 aliphatic heterocycles. The molecule has 0 bridgehead atoms. The van der Waals surface area contributed by atoms with Crippen LogP contribution in [0, 0.1) is 20.8 Å². The molecule has 0 saturated carbocycles. The standard InChI is InChI=1S/C19H18O6/c1-10-11(2)24-12(3)18(10)19(21)23-9-13-7-17(20)25-16-8-14(22-4)5-6-15(13)16/h5-8H,9H2,1-4H3. The van der Waals surface area contributed by atoms with Crippen molar-refractivity contribution in [1.29, 1.82) is 0 Å². The van der Waals surface area contributed by atoms with Crippen molar-refractivity contribution in [3.05, 3.63) is 62.9 Å². The summed E-state index contributed by atoms with van der Waals surface area (Å²) in [5.41, 5.74) is 1.61. The van der Waals surface area contributed by atoms with Gasteiger partial charge in [0.2, 0.25) is 0 Å². The van der Waals surface area contributed by atoms with E-state index in [1.165, 1.54) is 13.2 Å². The highest BCUT2D eigenvalue weighted by Crippen LogP contribution is 2.25. The van der Waals surface area contributed by atoms with Crippen LogP contribution in [0.4, 0.5) is 0 Å². The van der Waals surface area contributed by atoms with Gasteiger partial charge in [0.1, 0.15) is 35.0 Å². The van der Waals surface area contributed by atoms with Crippen LogP contribution < -0.4 is 10.4 Å². The number of furan rings is 1. The summed E-state index contributed by atoms with van der Waals surface area (Å²) in [7, 11) is 1.53. The van der Waals surface area contributed by atoms with Gasteiger partial charge in [0.15, 0.2) is 0 Å². The van der Waals surface area contributed by atoms with Gasteiger partial charge in [0, 0.05) is 28.6 Å². The summed E-state index contributed by atoms with van der Waals surface area (Å²) >= 11 is 0. The molecule has 0 unspecified atom stereocenters. The lowest BCUT2D eigenvalue weighted by Gasteiger charge is -2.08. The molecule has 0 radical (unpaired) electrons.